The summed E-state index contributed by atoms with van der Waals surface area (Å²) in [4.78, 5) is 2.21. The zero-order valence-electron chi connectivity index (χ0n) is 10.5. The zero-order valence-corrected chi connectivity index (χ0v) is 10.5. The molecule has 4 nitrogen and oxygen atoms in total. The Balaban J connectivity index is 2.47. The summed E-state index contributed by atoms with van der Waals surface area (Å²) in [5.74, 6) is 0. The first-order valence-corrected chi connectivity index (χ1v) is 6.34. The molecule has 2 unspecified atom stereocenters. The first kappa shape index (κ1) is 13.9. The van der Waals surface area contributed by atoms with Gasteiger partial charge in [-0.1, -0.05) is 0 Å². The molecule has 1 rings (SSSR count). The molecule has 0 aliphatic heterocycles. The lowest BCUT2D eigenvalue weighted by molar-refractivity contribution is 0.0439. The van der Waals surface area contributed by atoms with Gasteiger partial charge >= 0.3 is 0 Å². The second-order valence-electron chi connectivity index (χ2n) is 5.22. The summed E-state index contributed by atoms with van der Waals surface area (Å²) in [5, 5.41) is 18.9. The van der Waals surface area contributed by atoms with Crippen molar-refractivity contribution >= 4 is 0 Å². The maximum atomic E-state index is 9.47. The first-order chi connectivity index (χ1) is 7.49. The van der Waals surface area contributed by atoms with E-state index in [4.69, 9.17) is 5.73 Å². The van der Waals surface area contributed by atoms with E-state index in [0.717, 1.165) is 25.7 Å². The molecule has 1 aliphatic rings. The summed E-state index contributed by atoms with van der Waals surface area (Å²) in [6, 6.07) is 0.820. The van der Waals surface area contributed by atoms with Crippen LogP contribution in [-0.4, -0.2) is 52.5 Å². The average molecular weight is 230 g/mol. The molecule has 0 aromatic heterocycles. The van der Waals surface area contributed by atoms with E-state index in [9.17, 15) is 10.2 Å². The van der Waals surface area contributed by atoms with Crippen LogP contribution in [0.1, 0.15) is 39.5 Å². The molecular weight excluding hydrogens is 204 g/mol. The second kappa shape index (κ2) is 6.55. The van der Waals surface area contributed by atoms with E-state index in [1.54, 1.807) is 13.8 Å². The first-order valence-electron chi connectivity index (χ1n) is 6.34. The largest absolute Gasteiger partial charge is 0.392 e. The van der Waals surface area contributed by atoms with Crippen LogP contribution in [0.25, 0.3) is 0 Å². The molecule has 0 saturated heterocycles. The molecule has 0 heterocycles. The maximum absolute atomic E-state index is 9.47. The van der Waals surface area contributed by atoms with Gasteiger partial charge in [0, 0.05) is 25.2 Å². The molecule has 1 aliphatic carbocycles. The molecule has 0 aromatic rings. The molecule has 1 saturated carbocycles. The maximum Gasteiger partial charge on any atom is 0.0639 e. The lowest BCUT2D eigenvalue weighted by atomic mass is 9.90. The fourth-order valence-corrected chi connectivity index (χ4v) is 2.52. The van der Waals surface area contributed by atoms with E-state index in [0.29, 0.717) is 25.2 Å². The minimum atomic E-state index is -0.339. The van der Waals surface area contributed by atoms with E-state index in [2.05, 4.69) is 4.90 Å². The number of aliphatic hydroxyl groups excluding tert-OH is 2. The summed E-state index contributed by atoms with van der Waals surface area (Å²) in [6.07, 6.45) is 3.60. The third kappa shape index (κ3) is 4.78. The number of hydrogen-bond donors (Lipinski definition) is 3. The van der Waals surface area contributed by atoms with Gasteiger partial charge in [-0.05, 0) is 39.5 Å². The SMILES string of the molecule is CC(O)CN(CC(C)O)C1CCC(N)CC1. The lowest BCUT2D eigenvalue weighted by Crippen LogP contribution is -2.46. The summed E-state index contributed by atoms with van der Waals surface area (Å²) in [5.41, 5.74) is 5.88. The Labute approximate surface area is 98.4 Å². The predicted molar refractivity (Wildman–Crippen MR) is 65.2 cm³/mol. The highest BCUT2D eigenvalue weighted by molar-refractivity contribution is 4.82. The highest BCUT2D eigenvalue weighted by atomic mass is 16.3. The van der Waals surface area contributed by atoms with Crippen LogP contribution >= 0.6 is 0 Å². The Morgan fingerprint density at radius 1 is 1.06 bits per heavy atom. The van der Waals surface area contributed by atoms with Gasteiger partial charge in [-0.25, -0.2) is 0 Å². The van der Waals surface area contributed by atoms with Crippen LogP contribution in [0.2, 0.25) is 0 Å². The van der Waals surface area contributed by atoms with Crippen molar-refractivity contribution in [1.82, 2.24) is 4.90 Å². The molecule has 16 heavy (non-hydrogen) atoms. The van der Waals surface area contributed by atoms with Gasteiger partial charge < -0.3 is 15.9 Å². The van der Waals surface area contributed by atoms with Gasteiger partial charge in [0.2, 0.25) is 0 Å². The van der Waals surface area contributed by atoms with Gasteiger partial charge in [0.1, 0.15) is 0 Å². The third-order valence-electron chi connectivity index (χ3n) is 3.26. The Hall–Kier alpha value is -0.160. The Bertz CT molecular complexity index is 179. The van der Waals surface area contributed by atoms with Crippen LogP contribution in [0, 0.1) is 0 Å². The molecule has 1 fully saturated rings. The van der Waals surface area contributed by atoms with Gasteiger partial charge in [0.15, 0.2) is 0 Å². The molecule has 4 heteroatoms. The minimum Gasteiger partial charge on any atom is -0.392 e. The number of hydrogen-bond acceptors (Lipinski definition) is 4. The van der Waals surface area contributed by atoms with Gasteiger partial charge in [0.25, 0.3) is 0 Å². The topological polar surface area (TPSA) is 69.7 Å². The lowest BCUT2D eigenvalue weighted by Gasteiger charge is -2.37. The number of aliphatic hydroxyl groups is 2. The van der Waals surface area contributed by atoms with Crippen molar-refractivity contribution in [2.45, 2.75) is 63.8 Å². The molecule has 0 amide bonds. The second-order valence-corrected chi connectivity index (χ2v) is 5.22. The van der Waals surface area contributed by atoms with Crippen molar-refractivity contribution in [3.05, 3.63) is 0 Å². The van der Waals surface area contributed by atoms with Crippen molar-refractivity contribution in [3.8, 4) is 0 Å². The summed E-state index contributed by atoms with van der Waals surface area (Å²) < 4.78 is 0. The van der Waals surface area contributed by atoms with Crippen molar-refractivity contribution in [2.24, 2.45) is 5.73 Å². The third-order valence-corrected chi connectivity index (χ3v) is 3.26. The van der Waals surface area contributed by atoms with E-state index in [1.165, 1.54) is 0 Å². The van der Waals surface area contributed by atoms with Crippen LogP contribution in [0.5, 0.6) is 0 Å². The molecule has 0 radical (unpaired) electrons. The number of rotatable bonds is 5. The highest BCUT2D eigenvalue weighted by Gasteiger charge is 2.25. The quantitative estimate of drug-likeness (QED) is 0.636. The van der Waals surface area contributed by atoms with Crippen molar-refractivity contribution in [2.75, 3.05) is 13.1 Å². The molecule has 2 atom stereocenters. The van der Waals surface area contributed by atoms with Crippen LogP contribution < -0.4 is 5.73 Å². The monoisotopic (exact) mass is 230 g/mol. The van der Waals surface area contributed by atoms with E-state index >= 15 is 0 Å². The minimum absolute atomic E-state index is 0.339. The zero-order chi connectivity index (χ0) is 12.1. The van der Waals surface area contributed by atoms with Crippen LogP contribution in [0.15, 0.2) is 0 Å². The van der Waals surface area contributed by atoms with Gasteiger partial charge in [0.05, 0.1) is 12.2 Å². The normalized spacial score (nSPS) is 30.4. The molecule has 0 spiro atoms. The van der Waals surface area contributed by atoms with E-state index < -0.39 is 0 Å². The van der Waals surface area contributed by atoms with E-state index in [-0.39, 0.29) is 12.2 Å². The smallest absolute Gasteiger partial charge is 0.0639 e. The molecule has 0 bridgehead atoms. The average Bonchev–Trinajstić information content (AvgIpc) is 2.16. The number of nitrogens with two attached hydrogens (primary N) is 1. The molecule has 96 valence electrons. The van der Waals surface area contributed by atoms with Crippen LogP contribution in [0.4, 0.5) is 0 Å². The fraction of sp³-hybridized carbons (Fsp3) is 1.00. The van der Waals surface area contributed by atoms with Crippen LogP contribution in [-0.2, 0) is 0 Å². The van der Waals surface area contributed by atoms with Crippen molar-refractivity contribution in [1.29, 1.82) is 0 Å². The Morgan fingerprint density at radius 2 is 1.50 bits per heavy atom. The van der Waals surface area contributed by atoms with Gasteiger partial charge in [-0.3, -0.25) is 4.90 Å². The van der Waals surface area contributed by atoms with Gasteiger partial charge in [-0.15, -0.1) is 0 Å². The Morgan fingerprint density at radius 3 is 1.88 bits per heavy atom. The molecule has 0 aromatic carbocycles. The highest BCUT2D eigenvalue weighted by Crippen LogP contribution is 2.22. The number of nitrogens with zero attached hydrogens (tertiary/aromatic N) is 1. The van der Waals surface area contributed by atoms with E-state index in [1.807, 2.05) is 0 Å². The summed E-state index contributed by atoms with van der Waals surface area (Å²) >= 11 is 0. The Kier molecular flexibility index (Phi) is 5.69. The predicted octanol–water partition coefficient (Wildman–Crippen LogP) is 0.320. The standard InChI is InChI=1S/C12H26N2O2/c1-9(15)7-14(8-10(2)16)12-5-3-11(13)4-6-12/h9-12,15-16H,3-8,13H2,1-2H3. The molecular formula is C12H26N2O2. The van der Waals surface area contributed by atoms with Gasteiger partial charge in [-0.2, -0.15) is 0 Å². The van der Waals surface area contributed by atoms with Crippen molar-refractivity contribution < 1.29 is 10.2 Å². The summed E-state index contributed by atoms with van der Waals surface area (Å²) in [6.45, 7) is 4.88. The molecule has 4 N–H and O–H groups in total. The van der Waals surface area contributed by atoms with Crippen LogP contribution in [0.3, 0.4) is 0 Å². The fourth-order valence-electron chi connectivity index (χ4n) is 2.52. The van der Waals surface area contributed by atoms with Crippen molar-refractivity contribution in [3.63, 3.8) is 0 Å². The summed E-state index contributed by atoms with van der Waals surface area (Å²) in [7, 11) is 0.